The number of aryl methyl sites for hydroxylation is 1. The minimum absolute atomic E-state index is 0.270. The highest BCUT2D eigenvalue weighted by atomic mass is 19.1. The number of nitrogens with one attached hydrogen (secondary N) is 1. The van der Waals surface area contributed by atoms with Gasteiger partial charge < -0.3 is 10.1 Å². The SMILES string of the molecule is CCCC(CCCc1ccc(OC)c(F)c1)NC. The Balaban J connectivity index is 2.41. The highest BCUT2D eigenvalue weighted by Gasteiger charge is 2.06. The van der Waals surface area contributed by atoms with Gasteiger partial charge in [0.2, 0.25) is 0 Å². The van der Waals surface area contributed by atoms with E-state index in [1.54, 1.807) is 12.1 Å². The third-order valence-corrected chi connectivity index (χ3v) is 3.28. The highest BCUT2D eigenvalue weighted by Crippen LogP contribution is 2.19. The summed E-state index contributed by atoms with van der Waals surface area (Å²) in [6, 6.07) is 5.80. The van der Waals surface area contributed by atoms with Crippen molar-refractivity contribution in [2.24, 2.45) is 0 Å². The number of benzene rings is 1. The normalized spacial score (nSPS) is 12.4. The number of hydrogen-bond donors (Lipinski definition) is 1. The van der Waals surface area contributed by atoms with Crippen LogP contribution in [-0.4, -0.2) is 20.2 Å². The van der Waals surface area contributed by atoms with Crippen LogP contribution in [0.2, 0.25) is 0 Å². The first-order valence-electron chi connectivity index (χ1n) is 6.71. The van der Waals surface area contributed by atoms with Crippen molar-refractivity contribution in [3.8, 4) is 5.75 Å². The minimum Gasteiger partial charge on any atom is -0.494 e. The fourth-order valence-electron chi connectivity index (χ4n) is 2.20. The standard InChI is InChI=1S/C15H24FNO/c1-4-6-13(17-2)8-5-7-12-9-10-15(18-3)14(16)11-12/h9-11,13,17H,4-8H2,1-3H3. The molecule has 0 fully saturated rings. The summed E-state index contributed by atoms with van der Waals surface area (Å²) in [7, 11) is 3.49. The molecule has 1 unspecified atom stereocenters. The first kappa shape index (κ1) is 15.0. The maximum atomic E-state index is 13.5. The Kier molecular flexibility index (Phi) is 6.73. The first-order chi connectivity index (χ1) is 8.71. The maximum Gasteiger partial charge on any atom is 0.165 e. The molecule has 0 radical (unpaired) electrons. The van der Waals surface area contributed by atoms with Gasteiger partial charge in [0.15, 0.2) is 11.6 Å². The van der Waals surface area contributed by atoms with Crippen LogP contribution >= 0.6 is 0 Å². The lowest BCUT2D eigenvalue weighted by Crippen LogP contribution is -2.24. The van der Waals surface area contributed by atoms with Gasteiger partial charge in [0.1, 0.15) is 0 Å². The van der Waals surface area contributed by atoms with Crippen LogP contribution in [0.3, 0.4) is 0 Å². The Bertz CT molecular complexity index is 354. The van der Waals surface area contributed by atoms with Crippen molar-refractivity contribution >= 4 is 0 Å². The summed E-state index contributed by atoms with van der Waals surface area (Å²) in [4.78, 5) is 0. The molecule has 1 aromatic rings. The van der Waals surface area contributed by atoms with Crippen molar-refractivity contribution in [1.82, 2.24) is 5.32 Å². The number of methoxy groups -OCH3 is 1. The van der Waals surface area contributed by atoms with Gasteiger partial charge in [-0.2, -0.15) is 0 Å². The first-order valence-corrected chi connectivity index (χ1v) is 6.71. The molecule has 0 aliphatic carbocycles. The Morgan fingerprint density at radius 1 is 1.33 bits per heavy atom. The van der Waals surface area contributed by atoms with Gasteiger partial charge in [0, 0.05) is 6.04 Å². The molecule has 0 saturated carbocycles. The van der Waals surface area contributed by atoms with Crippen molar-refractivity contribution in [3.63, 3.8) is 0 Å². The Hall–Kier alpha value is -1.09. The molecule has 0 spiro atoms. The van der Waals surface area contributed by atoms with Crippen LogP contribution in [0, 0.1) is 5.82 Å². The summed E-state index contributed by atoms with van der Waals surface area (Å²) < 4.78 is 18.4. The van der Waals surface area contributed by atoms with E-state index >= 15 is 0 Å². The fourth-order valence-corrected chi connectivity index (χ4v) is 2.20. The van der Waals surface area contributed by atoms with E-state index < -0.39 is 0 Å². The van der Waals surface area contributed by atoms with Crippen LogP contribution in [0.4, 0.5) is 4.39 Å². The van der Waals surface area contributed by atoms with E-state index in [-0.39, 0.29) is 5.82 Å². The zero-order chi connectivity index (χ0) is 13.4. The van der Waals surface area contributed by atoms with Gasteiger partial charge in [-0.15, -0.1) is 0 Å². The molecule has 2 nitrogen and oxygen atoms in total. The van der Waals surface area contributed by atoms with Crippen LogP contribution in [0.1, 0.15) is 38.2 Å². The Morgan fingerprint density at radius 2 is 2.11 bits per heavy atom. The maximum absolute atomic E-state index is 13.5. The molecule has 0 bridgehead atoms. The van der Waals surface area contributed by atoms with Crippen molar-refractivity contribution in [2.45, 2.75) is 45.1 Å². The molecule has 0 saturated heterocycles. The molecule has 1 N–H and O–H groups in total. The van der Waals surface area contributed by atoms with Gasteiger partial charge in [0.05, 0.1) is 7.11 Å². The predicted octanol–water partition coefficient (Wildman–Crippen LogP) is 3.55. The van der Waals surface area contributed by atoms with Gasteiger partial charge in [-0.3, -0.25) is 0 Å². The molecule has 0 amide bonds. The fraction of sp³-hybridized carbons (Fsp3) is 0.600. The zero-order valence-electron chi connectivity index (χ0n) is 11.6. The van der Waals surface area contributed by atoms with E-state index in [1.165, 1.54) is 20.0 Å². The van der Waals surface area contributed by atoms with Gasteiger partial charge >= 0.3 is 0 Å². The molecular formula is C15H24FNO. The lowest BCUT2D eigenvalue weighted by atomic mass is 10.0. The second kappa shape index (κ2) is 8.09. The summed E-state index contributed by atoms with van der Waals surface area (Å²) >= 11 is 0. The highest BCUT2D eigenvalue weighted by molar-refractivity contribution is 5.29. The second-order valence-corrected chi connectivity index (χ2v) is 4.64. The van der Waals surface area contributed by atoms with E-state index in [0.717, 1.165) is 24.8 Å². The monoisotopic (exact) mass is 253 g/mol. The Labute approximate surface area is 110 Å². The molecule has 0 aliphatic rings. The number of rotatable bonds is 8. The minimum atomic E-state index is -0.270. The largest absolute Gasteiger partial charge is 0.494 e. The molecule has 1 atom stereocenters. The van der Waals surface area contributed by atoms with E-state index in [1.807, 2.05) is 13.1 Å². The van der Waals surface area contributed by atoms with Crippen LogP contribution in [0.5, 0.6) is 5.75 Å². The molecule has 0 heterocycles. The molecule has 1 rings (SSSR count). The summed E-state index contributed by atoms with van der Waals surface area (Å²) in [5.74, 6) is 0.0477. The number of hydrogen-bond acceptors (Lipinski definition) is 2. The predicted molar refractivity (Wildman–Crippen MR) is 73.6 cm³/mol. The van der Waals surface area contributed by atoms with Crippen molar-refractivity contribution in [1.29, 1.82) is 0 Å². The Morgan fingerprint density at radius 3 is 2.67 bits per heavy atom. The average Bonchev–Trinajstić information content (AvgIpc) is 2.38. The topological polar surface area (TPSA) is 21.3 Å². The molecule has 0 aromatic heterocycles. The molecule has 18 heavy (non-hydrogen) atoms. The van der Waals surface area contributed by atoms with E-state index in [4.69, 9.17) is 4.74 Å². The van der Waals surface area contributed by atoms with E-state index in [2.05, 4.69) is 12.2 Å². The van der Waals surface area contributed by atoms with Gasteiger partial charge in [0.25, 0.3) is 0 Å². The van der Waals surface area contributed by atoms with Crippen molar-refractivity contribution in [2.75, 3.05) is 14.2 Å². The third kappa shape index (κ3) is 4.65. The van der Waals surface area contributed by atoms with Crippen molar-refractivity contribution < 1.29 is 9.13 Å². The van der Waals surface area contributed by atoms with Gasteiger partial charge in [-0.1, -0.05) is 19.4 Å². The summed E-state index contributed by atoms with van der Waals surface area (Å²) in [5.41, 5.74) is 1.04. The van der Waals surface area contributed by atoms with Crippen molar-refractivity contribution in [3.05, 3.63) is 29.6 Å². The molecule has 102 valence electrons. The summed E-state index contributed by atoms with van der Waals surface area (Å²) in [6.07, 6.45) is 5.54. The number of ether oxygens (including phenoxy) is 1. The van der Waals surface area contributed by atoms with Crippen LogP contribution < -0.4 is 10.1 Å². The average molecular weight is 253 g/mol. The zero-order valence-corrected chi connectivity index (χ0v) is 11.6. The second-order valence-electron chi connectivity index (χ2n) is 4.64. The third-order valence-electron chi connectivity index (χ3n) is 3.28. The van der Waals surface area contributed by atoms with E-state index in [0.29, 0.717) is 11.8 Å². The number of halogens is 1. The van der Waals surface area contributed by atoms with Crippen LogP contribution in [0.15, 0.2) is 18.2 Å². The molecular weight excluding hydrogens is 229 g/mol. The van der Waals surface area contributed by atoms with Gasteiger partial charge in [-0.25, -0.2) is 4.39 Å². The molecule has 3 heteroatoms. The molecule has 0 aliphatic heterocycles. The van der Waals surface area contributed by atoms with Gasteiger partial charge in [-0.05, 0) is 50.4 Å². The van der Waals surface area contributed by atoms with Crippen LogP contribution in [-0.2, 0) is 6.42 Å². The molecule has 1 aromatic carbocycles. The summed E-state index contributed by atoms with van der Waals surface area (Å²) in [6.45, 7) is 2.20. The lowest BCUT2D eigenvalue weighted by molar-refractivity contribution is 0.386. The smallest absolute Gasteiger partial charge is 0.165 e. The lowest BCUT2D eigenvalue weighted by Gasteiger charge is -2.14. The van der Waals surface area contributed by atoms with Crippen LogP contribution in [0.25, 0.3) is 0 Å². The summed E-state index contributed by atoms with van der Waals surface area (Å²) in [5, 5.41) is 3.32. The quantitative estimate of drug-likeness (QED) is 0.765. The van der Waals surface area contributed by atoms with E-state index in [9.17, 15) is 4.39 Å².